The number of amides is 1. The lowest BCUT2D eigenvalue weighted by atomic mass is 9.88. The Balaban J connectivity index is 0.00000220. The first-order valence-electron chi connectivity index (χ1n) is 6.48. The van der Waals surface area contributed by atoms with Crippen molar-refractivity contribution in [3.63, 3.8) is 0 Å². The van der Waals surface area contributed by atoms with Crippen molar-refractivity contribution in [1.29, 1.82) is 0 Å². The monoisotopic (exact) mass is 322 g/mol. The zero-order valence-corrected chi connectivity index (χ0v) is 12.6. The van der Waals surface area contributed by atoms with Gasteiger partial charge in [-0.05, 0) is 43.6 Å². The quantitative estimate of drug-likeness (QED) is 0.897. The van der Waals surface area contributed by atoms with Crippen molar-refractivity contribution < 1.29 is 18.0 Å². The van der Waals surface area contributed by atoms with Crippen molar-refractivity contribution in [2.75, 3.05) is 18.4 Å². The predicted molar refractivity (Wildman–Crippen MR) is 77.6 cm³/mol. The Hall–Kier alpha value is -1.27. The number of alkyl halides is 3. The summed E-state index contributed by atoms with van der Waals surface area (Å²) in [7, 11) is 0. The number of anilines is 1. The van der Waals surface area contributed by atoms with E-state index in [-0.39, 0.29) is 35.8 Å². The summed E-state index contributed by atoms with van der Waals surface area (Å²) in [4.78, 5) is 12.0. The number of hydrogen-bond acceptors (Lipinski definition) is 2. The molecule has 1 aliphatic rings. The Morgan fingerprint density at radius 1 is 1.38 bits per heavy atom. The third-order valence-corrected chi connectivity index (χ3v) is 3.76. The van der Waals surface area contributed by atoms with Crippen molar-refractivity contribution in [3.05, 3.63) is 29.3 Å². The average Bonchev–Trinajstić information content (AvgIpc) is 2.28. The molecule has 0 aromatic heterocycles. The van der Waals surface area contributed by atoms with E-state index in [1.54, 1.807) is 13.8 Å². The molecule has 1 unspecified atom stereocenters. The highest BCUT2D eigenvalue weighted by Crippen LogP contribution is 2.32. The van der Waals surface area contributed by atoms with Gasteiger partial charge in [0.1, 0.15) is 0 Å². The van der Waals surface area contributed by atoms with Gasteiger partial charge in [0.05, 0.1) is 5.56 Å². The summed E-state index contributed by atoms with van der Waals surface area (Å²) in [6.45, 7) is 5.02. The van der Waals surface area contributed by atoms with E-state index >= 15 is 0 Å². The summed E-state index contributed by atoms with van der Waals surface area (Å²) in [6, 6.07) is 3.37. The van der Waals surface area contributed by atoms with Gasteiger partial charge in [0.25, 0.3) is 0 Å². The summed E-state index contributed by atoms with van der Waals surface area (Å²) >= 11 is 0. The van der Waals surface area contributed by atoms with E-state index in [0.29, 0.717) is 5.56 Å². The molecular weight excluding hydrogens is 305 g/mol. The number of nitrogens with one attached hydrogen (secondary N) is 2. The Morgan fingerprint density at radius 2 is 2.00 bits per heavy atom. The first kappa shape index (κ1) is 17.8. The zero-order valence-electron chi connectivity index (χ0n) is 11.8. The molecule has 1 fully saturated rings. The Kier molecular flexibility index (Phi) is 5.64. The normalized spacial score (nSPS) is 16.6. The van der Waals surface area contributed by atoms with E-state index in [4.69, 9.17) is 0 Å². The van der Waals surface area contributed by atoms with Gasteiger partial charge in [-0.2, -0.15) is 13.2 Å². The fourth-order valence-electron chi connectivity index (χ4n) is 2.06. The SMILES string of the molecule is Cc1ccc(C(F)(F)F)cc1NC(=O)C(C)C1CNC1.Cl. The van der Waals surface area contributed by atoms with Gasteiger partial charge in [0, 0.05) is 11.6 Å². The average molecular weight is 323 g/mol. The van der Waals surface area contributed by atoms with Crippen LogP contribution in [-0.4, -0.2) is 19.0 Å². The van der Waals surface area contributed by atoms with Gasteiger partial charge in [-0.1, -0.05) is 13.0 Å². The Morgan fingerprint density at radius 3 is 2.48 bits per heavy atom. The highest BCUT2D eigenvalue weighted by Gasteiger charge is 2.32. The molecule has 0 bridgehead atoms. The van der Waals surface area contributed by atoms with Crippen LogP contribution in [0.4, 0.5) is 18.9 Å². The summed E-state index contributed by atoms with van der Waals surface area (Å²) in [6.07, 6.45) is -4.41. The minimum atomic E-state index is -4.41. The van der Waals surface area contributed by atoms with E-state index < -0.39 is 11.7 Å². The fraction of sp³-hybridized carbons (Fsp3) is 0.500. The molecule has 1 aliphatic heterocycles. The van der Waals surface area contributed by atoms with Gasteiger partial charge in [-0.25, -0.2) is 0 Å². The topological polar surface area (TPSA) is 41.1 Å². The summed E-state index contributed by atoms with van der Waals surface area (Å²) in [5.41, 5.74) is 0.0885. The maximum atomic E-state index is 12.7. The molecule has 1 heterocycles. The maximum Gasteiger partial charge on any atom is 0.416 e. The molecular formula is C14H18ClF3N2O. The van der Waals surface area contributed by atoms with Crippen LogP contribution in [0.15, 0.2) is 18.2 Å². The molecule has 0 spiro atoms. The van der Waals surface area contributed by atoms with Crippen molar-refractivity contribution in [1.82, 2.24) is 5.32 Å². The van der Waals surface area contributed by atoms with Crippen LogP contribution in [-0.2, 0) is 11.0 Å². The summed E-state index contributed by atoms with van der Waals surface area (Å²) in [5, 5.41) is 5.68. The van der Waals surface area contributed by atoms with Crippen LogP contribution in [0.25, 0.3) is 0 Å². The zero-order chi connectivity index (χ0) is 14.9. The highest BCUT2D eigenvalue weighted by molar-refractivity contribution is 5.93. The minimum Gasteiger partial charge on any atom is -0.326 e. The van der Waals surface area contributed by atoms with E-state index in [2.05, 4.69) is 10.6 Å². The van der Waals surface area contributed by atoms with E-state index in [1.165, 1.54) is 6.07 Å². The number of rotatable bonds is 3. The van der Waals surface area contributed by atoms with Gasteiger partial charge >= 0.3 is 6.18 Å². The number of benzene rings is 1. The third kappa shape index (κ3) is 4.11. The van der Waals surface area contributed by atoms with Crippen LogP contribution in [0, 0.1) is 18.8 Å². The minimum absolute atomic E-state index is 0. The molecule has 1 aromatic rings. The molecule has 1 amide bonds. The van der Waals surface area contributed by atoms with E-state index in [1.807, 2.05) is 0 Å². The highest BCUT2D eigenvalue weighted by atomic mass is 35.5. The van der Waals surface area contributed by atoms with Gasteiger partial charge < -0.3 is 10.6 Å². The van der Waals surface area contributed by atoms with Crippen LogP contribution in [0.3, 0.4) is 0 Å². The molecule has 7 heteroatoms. The second-order valence-electron chi connectivity index (χ2n) is 5.22. The van der Waals surface area contributed by atoms with Crippen LogP contribution in [0.5, 0.6) is 0 Å². The number of carbonyl (C=O) groups excluding carboxylic acids is 1. The van der Waals surface area contributed by atoms with Crippen molar-refractivity contribution in [2.24, 2.45) is 11.8 Å². The molecule has 1 saturated heterocycles. The predicted octanol–water partition coefficient (Wildman–Crippen LogP) is 3.23. The van der Waals surface area contributed by atoms with Crippen LogP contribution < -0.4 is 10.6 Å². The van der Waals surface area contributed by atoms with Gasteiger partial charge in [0.2, 0.25) is 5.91 Å². The summed E-state index contributed by atoms with van der Waals surface area (Å²) < 4.78 is 38.0. The van der Waals surface area contributed by atoms with Crippen LogP contribution >= 0.6 is 12.4 Å². The fourth-order valence-corrected chi connectivity index (χ4v) is 2.06. The molecule has 0 radical (unpaired) electrons. The molecule has 2 N–H and O–H groups in total. The lowest BCUT2D eigenvalue weighted by molar-refractivity contribution is -0.137. The van der Waals surface area contributed by atoms with E-state index in [0.717, 1.165) is 25.2 Å². The largest absolute Gasteiger partial charge is 0.416 e. The van der Waals surface area contributed by atoms with E-state index in [9.17, 15) is 18.0 Å². The molecule has 0 saturated carbocycles. The first-order valence-corrected chi connectivity index (χ1v) is 6.48. The van der Waals surface area contributed by atoms with Gasteiger partial charge in [-0.15, -0.1) is 12.4 Å². The molecule has 21 heavy (non-hydrogen) atoms. The van der Waals surface area contributed by atoms with Crippen LogP contribution in [0.2, 0.25) is 0 Å². The van der Waals surface area contributed by atoms with Crippen molar-refractivity contribution in [3.8, 4) is 0 Å². The standard InChI is InChI=1S/C14H17F3N2O.ClH/c1-8-3-4-11(14(15,16)17)5-12(8)19-13(20)9(2)10-6-18-7-10;/h3-5,9-10,18H,6-7H2,1-2H3,(H,19,20);1H. The maximum absolute atomic E-state index is 12.7. The second kappa shape index (κ2) is 6.66. The van der Waals surface area contributed by atoms with Gasteiger partial charge in [-0.3, -0.25) is 4.79 Å². The van der Waals surface area contributed by atoms with Gasteiger partial charge in [0.15, 0.2) is 0 Å². The Bertz CT molecular complexity index is 515. The summed E-state index contributed by atoms with van der Waals surface area (Å²) in [5.74, 6) is -0.203. The second-order valence-corrected chi connectivity index (χ2v) is 5.22. The van der Waals surface area contributed by atoms with Crippen molar-refractivity contribution >= 4 is 24.0 Å². The number of carbonyl (C=O) groups is 1. The molecule has 1 atom stereocenters. The number of aryl methyl sites for hydroxylation is 1. The number of halogens is 4. The third-order valence-electron chi connectivity index (χ3n) is 3.76. The van der Waals surface area contributed by atoms with Crippen LogP contribution in [0.1, 0.15) is 18.1 Å². The molecule has 3 nitrogen and oxygen atoms in total. The van der Waals surface area contributed by atoms with Crippen molar-refractivity contribution in [2.45, 2.75) is 20.0 Å². The smallest absolute Gasteiger partial charge is 0.326 e. The molecule has 1 aromatic carbocycles. The lowest BCUT2D eigenvalue weighted by Crippen LogP contribution is -2.48. The Labute approximate surface area is 127 Å². The number of hydrogen-bond donors (Lipinski definition) is 2. The first-order chi connectivity index (χ1) is 9.29. The molecule has 118 valence electrons. The molecule has 0 aliphatic carbocycles. The molecule has 2 rings (SSSR count). The lowest BCUT2D eigenvalue weighted by Gasteiger charge is -2.31.